The Hall–Kier alpha value is -3.08. The highest BCUT2D eigenvalue weighted by molar-refractivity contribution is 6.11. The summed E-state index contributed by atoms with van der Waals surface area (Å²) in [5.41, 5.74) is 1.41. The first-order valence-corrected chi connectivity index (χ1v) is 11.5. The summed E-state index contributed by atoms with van der Waals surface area (Å²) >= 11 is 0. The fourth-order valence-corrected chi connectivity index (χ4v) is 3.39. The maximum atomic E-state index is 12.8. The van der Waals surface area contributed by atoms with Crippen molar-refractivity contribution in [3.63, 3.8) is 0 Å². The van der Waals surface area contributed by atoms with Crippen molar-refractivity contribution in [2.24, 2.45) is 23.7 Å². The Balaban J connectivity index is 2.53. The second kappa shape index (κ2) is 10.7. The Morgan fingerprint density at radius 3 is 1.03 bits per heavy atom. The Bertz CT molecular complexity index is 988. The van der Waals surface area contributed by atoms with Gasteiger partial charge >= 0.3 is 0 Å². The Kier molecular flexibility index (Phi) is 8.48. The van der Waals surface area contributed by atoms with Crippen molar-refractivity contribution in [2.75, 3.05) is 0 Å². The zero-order valence-corrected chi connectivity index (χ0v) is 20.8. The van der Waals surface area contributed by atoms with Crippen LogP contribution in [0.5, 0.6) is 11.5 Å². The fraction of sp³-hybridized carbons (Fsp3) is 0.429. The molecule has 0 spiro atoms. The SMILES string of the molecule is CC(C)C(=O)c1ccc(Oc2ccc(C(=O)C(C)C)c(C(=O)C(C)C)c2)cc1C(=O)C(C)C. The molecule has 0 aliphatic heterocycles. The monoisotopic (exact) mass is 450 g/mol. The normalized spacial score (nSPS) is 11.4. The predicted octanol–water partition coefficient (Wildman–Crippen LogP) is 6.83. The van der Waals surface area contributed by atoms with Gasteiger partial charge in [0.05, 0.1) is 0 Å². The molecule has 0 N–H and O–H groups in total. The molecule has 2 rings (SSSR count). The van der Waals surface area contributed by atoms with Gasteiger partial charge in [0, 0.05) is 45.9 Å². The van der Waals surface area contributed by atoms with Gasteiger partial charge in [-0.2, -0.15) is 0 Å². The average molecular weight is 451 g/mol. The van der Waals surface area contributed by atoms with E-state index in [1.165, 1.54) is 0 Å². The van der Waals surface area contributed by atoms with Crippen LogP contribution in [0.3, 0.4) is 0 Å². The minimum atomic E-state index is -0.282. The van der Waals surface area contributed by atoms with E-state index in [2.05, 4.69) is 0 Å². The molecule has 0 aliphatic carbocycles. The number of benzene rings is 2. The van der Waals surface area contributed by atoms with E-state index >= 15 is 0 Å². The smallest absolute Gasteiger partial charge is 0.166 e. The van der Waals surface area contributed by atoms with E-state index in [0.717, 1.165) is 0 Å². The van der Waals surface area contributed by atoms with Gasteiger partial charge in [-0.05, 0) is 36.4 Å². The Morgan fingerprint density at radius 2 is 0.758 bits per heavy atom. The molecule has 0 radical (unpaired) electrons. The first kappa shape index (κ1) is 26.2. The van der Waals surface area contributed by atoms with Crippen LogP contribution < -0.4 is 4.74 Å². The van der Waals surface area contributed by atoms with Crippen molar-refractivity contribution in [2.45, 2.75) is 55.4 Å². The van der Waals surface area contributed by atoms with Crippen molar-refractivity contribution >= 4 is 23.1 Å². The number of hydrogen-bond acceptors (Lipinski definition) is 5. The van der Waals surface area contributed by atoms with Gasteiger partial charge in [0.15, 0.2) is 23.1 Å². The number of ether oxygens (including phenoxy) is 1. The number of carbonyl (C=O) groups excluding carboxylic acids is 4. The summed E-state index contributed by atoms with van der Waals surface area (Å²) in [6.07, 6.45) is 0. The number of ketones is 4. The van der Waals surface area contributed by atoms with Crippen LogP contribution in [0.1, 0.15) is 96.8 Å². The van der Waals surface area contributed by atoms with E-state index in [1.54, 1.807) is 91.8 Å². The summed E-state index contributed by atoms with van der Waals surface area (Å²) in [6.45, 7) is 14.3. The number of hydrogen-bond donors (Lipinski definition) is 0. The summed E-state index contributed by atoms with van der Waals surface area (Å²) in [5.74, 6) is -0.784. The summed E-state index contributed by atoms with van der Waals surface area (Å²) in [6, 6.07) is 9.67. The van der Waals surface area contributed by atoms with Gasteiger partial charge in [0.25, 0.3) is 0 Å². The summed E-state index contributed by atoms with van der Waals surface area (Å²) < 4.78 is 5.98. The lowest BCUT2D eigenvalue weighted by atomic mass is 9.90. The van der Waals surface area contributed by atoms with E-state index in [1.807, 2.05) is 0 Å². The van der Waals surface area contributed by atoms with Crippen molar-refractivity contribution in [1.82, 2.24) is 0 Å². The third-order valence-electron chi connectivity index (χ3n) is 5.38. The molecule has 33 heavy (non-hydrogen) atoms. The zero-order valence-electron chi connectivity index (χ0n) is 20.8. The van der Waals surface area contributed by atoms with Crippen molar-refractivity contribution in [1.29, 1.82) is 0 Å². The van der Waals surface area contributed by atoms with Gasteiger partial charge in [-0.1, -0.05) is 55.4 Å². The molecule has 176 valence electrons. The van der Waals surface area contributed by atoms with Gasteiger partial charge in [-0.3, -0.25) is 19.2 Å². The largest absolute Gasteiger partial charge is 0.457 e. The first-order valence-electron chi connectivity index (χ1n) is 11.5. The Morgan fingerprint density at radius 1 is 0.485 bits per heavy atom. The van der Waals surface area contributed by atoms with E-state index in [0.29, 0.717) is 33.8 Å². The molecule has 2 aromatic rings. The highest BCUT2D eigenvalue weighted by Crippen LogP contribution is 2.30. The first-order chi connectivity index (χ1) is 15.3. The maximum absolute atomic E-state index is 12.8. The van der Waals surface area contributed by atoms with Gasteiger partial charge < -0.3 is 4.74 Å². The molecule has 0 amide bonds. The summed E-state index contributed by atoms with van der Waals surface area (Å²) in [4.78, 5) is 50.9. The molecule has 0 heterocycles. The molecule has 5 heteroatoms. The molecule has 0 fully saturated rings. The van der Waals surface area contributed by atoms with Crippen LogP contribution in [-0.4, -0.2) is 23.1 Å². The number of Topliss-reactive ketones (excluding diaryl/α,β-unsaturated/α-hetero) is 4. The van der Waals surface area contributed by atoms with Crippen LogP contribution in [0.25, 0.3) is 0 Å². The number of carbonyl (C=O) groups is 4. The molecule has 0 saturated carbocycles. The highest BCUT2D eigenvalue weighted by atomic mass is 16.5. The Labute approximate surface area is 196 Å². The van der Waals surface area contributed by atoms with Gasteiger partial charge in [0.1, 0.15) is 11.5 Å². The molecule has 0 saturated heterocycles. The van der Waals surface area contributed by atoms with Crippen LogP contribution in [0.2, 0.25) is 0 Å². The van der Waals surface area contributed by atoms with Gasteiger partial charge in [-0.15, -0.1) is 0 Å². The van der Waals surface area contributed by atoms with E-state index in [9.17, 15) is 19.2 Å². The van der Waals surface area contributed by atoms with Crippen LogP contribution >= 0.6 is 0 Å². The summed E-state index contributed by atoms with van der Waals surface area (Å²) in [7, 11) is 0. The van der Waals surface area contributed by atoms with Gasteiger partial charge in [-0.25, -0.2) is 0 Å². The third kappa shape index (κ3) is 6.04. The highest BCUT2D eigenvalue weighted by Gasteiger charge is 2.24. The molecule has 0 bridgehead atoms. The average Bonchev–Trinajstić information content (AvgIpc) is 2.76. The third-order valence-corrected chi connectivity index (χ3v) is 5.38. The molecule has 0 aliphatic rings. The van der Waals surface area contributed by atoms with Gasteiger partial charge in [0.2, 0.25) is 0 Å². The standard InChI is InChI=1S/C28H34O5/c1-15(2)25(29)21-11-9-19(13-23(21)27(31)17(5)6)33-20-10-12-22(26(30)16(3)4)24(14-20)28(32)18(7)8/h9-18H,1-8H3. The minimum Gasteiger partial charge on any atom is -0.457 e. The second-order valence-electron chi connectivity index (χ2n) is 9.59. The predicted molar refractivity (Wildman–Crippen MR) is 130 cm³/mol. The lowest BCUT2D eigenvalue weighted by Gasteiger charge is -2.16. The van der Waals surface area contributed by atoms with Crippen LogP contribution in [0.15, 0.2) is 36.4 Å². The lowest BCUT2D eigenvalue weighted by Crippen LogP contribution is -2.17. The zero-order chi connectivity index (χ0) is 25.0. The topological polar surface area (TPSA) is 77.5 Å². The fourth-order valence-electron chi connectivity index (χ4n) is 3.39. The molecule has 2 aromatic carbocycles. The van der Waals surface area contributed by atoms with Crippen LogP contribution in [0.4, 0.5) is 0 Å². The number of rotatable bonds is 10. The maximum Gasteiger partial charge on any atom is 0.166 e. The van der Waals surface area contributed by atoms with Crippen LogP contribution in [0, 0.1) is 23.7 Å². The van der Waals surface area contributed by atoms with Crippen molar-refractivity contribution in [3.05, 3.63) is 58.7 Å². The molecule has 0 unspecified atom stereocenters. The van der Waals surface area contributed by atoms with E-state index < -0.39 is 0 Å². The quantitative estimate of drug-likeness (QED) is 0.371. The second-order valence-corrected chi connectivity index (χ2v) is 9.59. The molecule has 0 aromatic heterocycles. The molecular formula is C28H34O5. The van der Waals surface area contributed by atoms with E-state index in [-0.39, 0.29) is 46.8 Å². The van der Waals surface area contributed by atoms with Crippen molar-refractivity contribution < 1.29 is 23.9 Å². The lowest BCUT2D eigenvalue weighted by molar-refractivity contribution is 0.0905. The van der Waals surface area contributed by atoms with E-state index in [4.69, 9.17) is 4.74 Å². The van der Waals surface area contributed by atoms with Crippen LogP contribution in [-0.2, 0) is 0 Å². The molecular weight excluding hydrogens is 416 g/mol. The minimum absolute atomic E-state index is 0.105. The molecule has 0 atom stereocenters. The summed E-state index contributed by atoms with van der Waals surface area (Å²) in [5, 5.41) is 0. The molecule has 5 nitrogen and oxygen atoms in total. The van der Waals surface area contributed by atoms with Crippen molar-refractivity contribution in [3.8, 4) is 11.5 Å².